The predicted octanol–water partition coefficient (Wildman–Crippen LogP) is 2.96. The Balaban J connectivity index is 1.52. The predicted molar refractivity (Wildman–Crippen MR) is 103 cm³/mol. The van der Waals surface area contributed by atoms with E-state index >= 15 is 0 Å². The Morgan fingerprint density at radius 1 is 0.846 bits per heavy atom. The summed E-state index contributed by atoms with van der Waals surface area (Å²) in [5.41, 5.74) is 4.41. The molecule has 0 radical (unpaired) electrons. The van der Waals surface area contributed by atoms with E-state index < -0.39 is 0 Å². The van der Waals surface area contributed by atoms with Gasteiger partial charge in [0.2, 0.25) is 5.95 Å². The zero-order chi connectivity index (χ0) is 17.8. The Morgan fingerprint density at radius 2 is 1.69 bits per heavy atom. The van der Waals surface area contributed by atoms with Gasteiger partial charge < -0.3 is 9.80 Å². The lowest BCUT2D eigenvalue weighted by Crippen LogP contribution is -2.32. The van der Waals surface area contributed by atoms with Crippen molar-refractivity contribution in [2.45, 2.75) is 13.3 Å². The lowest BCUT2D eigenvalue weighted by molar-refractivity contribution is 0.782. The number of hydrogen-bond acceptors (Lipinski definition) is 6. The van der Waals surface area contributed by atoms with Crippen LogP contribution >= 0.6 is 0 Å². The molecular weight excluding hydrogens is 324 g/mol. The third kappa shape index (κ3) is 3.49. The molecule has 6 heteroatoms. The van der Waals surface area contributed by atoms with Gasteiger partial charge in [0.05, 0.1) is 5.69 Å². The molecule has 0 bridgehead atoms. The fourth-order valence-corrected chi connectivity index (χ4v) is 3.36. The first-order valence-corrected chi connectivity index (χ1v) is 8.95. The second-order valence-electron chi connectivity index (χ2n) is 6.47. The third-order valence-electron chi connectivity index (χ3n) is 4.71. The highest BCUT2D eigenvalue weighted by molar-refractivity contribution is 5.59. The van der Waals surface area contributed by atoms with E-state index in [0.717, 1.165) is 49.8 Å². The zero-order valence-corrected chi connectivity index (χ0v) is 14.9. The molecule has 0 aliphatic carbocycles. The number of aromatic nitrogens is 4. The Hall–Kier alpha value is -3.02. The van der Waals surface area contributed by atoms with Crippen LogP contribution in [0.1, 0.15) is 12.0 Å². The molecule has 26 heavy (non-hydrogen) atoms. The second kappa shape index (κ2) is 7.47. The molecule has 1 fully saturated rings. The molecule has 6 nitrogen and oxygen atoms in total. The standard InChI is InChI=1S/C20H22N6/c1-16-14-22-8-6-19(16)25-10-3-11-26(13-12-25)20-23-9-5-18(24-20)17-4-2-7-21-15-17/h2,4-9,14-15H,3,10-13H2,1H3. The summed E-state index contributed by atoms with van der Waals surface area (Å²) in [5.74, 6) is 0.791. The van der Waals surface area contributed by atoms with Crippen LogP contribution in [0.25, 0.3) is 11.3 Å². The smallest absolute Gasteiger partial charge is 0.225 e. The van der Waals surface area contributed by atoms with Gasteiger partial charge in [0, 0.05) is 68.4 Å². The quantitative estimate of drug-likeness (QED) is 0.727. The molecule has 1 saturated heterocycles. The lowest BCUT2D eigenvalue weighted by atomic mass is 10.2. The van der Waals surface area contributed by atoms with Gasteiger partial charge in [0.1, 0.15) is 0 Å². The maximum absolute atomic E-state index is 4.77. The van der Waals surface area contributed by atoms with Gasteiger partial charge in [-0.1, -0.05) is 0 Å². The summed E-state index contributed by atoms with van der Waals surface area (Å²) in [4.78, 5) is 22.4. The molecule has 3 aromatic heterocycles. The van der Waals surface area contributed by atoms with Crippen LogP contribution in [-0.4, -0.2) is 46.1 Å². The van der Waals surface area contributed by atoms with Crippen LogP contribution in [0.5, 0.6) is 0 Å². The summed E-state index contributed by atoms with van der Waals surface area (Å²) in [6.07, 6.45) is 10.3. The molecule has 1 aliphatic heterocycles. The van der Waals surface area contributed by atoms with Gasteiger partial charge in [-0.3, -0.25) is 9.97 Å². The van der Waals surface area contributed by atoms with E-state index in [9.17, 15) is 0 Å². The summed E-state index contributed by atoms with van der Waals surface area (Å²) in [7, 11) is 0. The largest absolute Gasteiger partial charge is 0.369 e. The normalized spacial score (nSPS) is 15.0. The highest BCUT2D eigenvalue weighted by atomic mass is 15.3. The van der Waals surface area contributed by atoms with Crippen LogP contribution in [-0.2, 0) is 0 Å². The van der Waals surface area contributed by atoms with Crippen LogP contribution in [0.3, 0.4) is 0 Å². The molecular formula is C20H22N6. The summed E-state index contributed by atoms with van der Waals surface area (Å²) >= 11 is 0. The SMILES string of the molecule is Cc1cnccc1N1CCCN(c2nccc(-c3cccnc3)n2)CC1. The maximum Gasteiger partial charge on any atom is 0.225 e. The number of nitrogens with zero attached hydrogens (tertiary/aromatic N) is 6. The average molecular weight is 346 g/mol. The Bertz CT molecular complexity index is 867. The minimum absolute atomic E-state index is 0.791. The molecule has 4 heterocycles. The van der Waals surface area contributed by atoms with Crippen LogP contribution in [0.15, 0.2) is 55.2 Å². The van der Waals surface area contributed by atoms with Crippen LogP contribution < -0.4 is 9.80 Å². The van der Waals surface area contributed by atoms with Gasteiger partial charge in [-0.25, -0.2) is 9.97 Å². The Labute approximate surface area is 153 Å². The van der Waals surface area contributed by atoms with E-state index in [0.29, 0.717) is 0 Å². The number of aryl methyl sites for hydroxylation is 1. The summed E-state index contributed by atoms with van der Waals surface area (Å²) in [6, 6.07) is 7.99. The maximum atomic E-state index is 4.77. The van der Waals surface area contributed by atoms with Gasteiger partial charge in [-0.2, -0.15) is 0 Å². The molecule has 1 aliphatic rings. The molecule has 4 rings (SSSR count). The van der Waals surface area contributed by atoms with Gasteiger partial charge in [-0.05, 0) is 43.2 Å². The minimum Gasteiger partial charge on any atom is -0.369 e. The lowest BCUT2D eigenvalue weighted by Gasteiger charge is -2.25. The van der Waals surface area contributed by atoms with Gasteiger partial charge in [-0.15, -0.1) is 0 Å². The van der Waals surface area contributed by atoms with Crippen LogP contribution in [0.2, 0.25) is 0 Å². The minimum atomic E-state index is 0.791. The van der Waals surface area contributed by atoms with E-state index in [1.165, 1.54) is 11.3 Å². The zero-order valence-electron chi connectivity index (χ0n) is 14.9. The van der Waals surface area contributed by atoms with E-state index in [-0.39, 0.29) is 0 Å². The van der Waals surface area contributed by atoms with Crippen LogP contribution in [0.4, 0.5) is 11.6 Å². The molecule has 0 unspecified atom stereocenters. The topological polar surface area (TPSA) is 58.0 Å². The van der Waals surface area contributed by atoms with Crippen molar-refractivity contribution in [3.63, 3.8) is 0 Å². The molecule has 132 valence electrons. The molecule has 3 aromatic rings. The van der Waals surface area contributed by atoms with Gasteiger partial charge in [0.15, 0.2) is 0 Å². The highest BCUT2D eigenvalue weighted by Crippen LogP contribution is 2.22. The van der Waals surface area contributed by atoms with Crippen molar-refractivity contribution in [1.29, 1.82) is 0 Å². The Kier molecular flexibility index (Phi) is 4.73. The van der Waals surface area contributed by atoms with E-state index in [1.54, 1.807) is 6.20 Å². The third-order valence-corrected chi connectivity index (χ3v) is 4.71. The van der Waals surface area contributed by atoms with Crippen LogP contribution in [0, 0.1) is 6.92 Å². The molecule has 0 spiro atoms. The Morgan fingerprint density at radius 3 is 2.54 bits per heavy atom. The van der Waals surface area contributed by atoms with Gasteiger partial charge in [0.25, 0.3) is 0 Å². The van der Waals surface area contributed by atoms with Crippen molar-refractivity contribution in [1.82, 2.24) is 19.9 Å². The van der Waals surface area contributed by atoms with Crippen molar-refractivity contribution in [3.05, 3.63) is 60.8 Å². The highest BCUT2D eigenvalue weighted by Gasteiger charge is 2.18. The monoisotopic (exact) mass is 346 g/mol. The fourth-order valence-electron chi connectivity index (χ4n) is 3.36. The van der Waals surface area contributed by atoms with Crippen molar-refractivity contribution >= 4 is 11.6 Å². The molecule has 0 N–H and O–H groups in total. The number of anilines is 2. The van der Waals surface area contributed by atoms with E-state index in [4.69, 9.17) is 4.98 Å². The van der Waals surface area contributed by atoms with Crippen molar-refractivity contribution in [3.8, 4) is 11.3 Å². The van der Waals surface area contributed by atoms with Crippen molar-refractivity contribution in [2.75, 3.05) is 36.0 Å². The summed E-state index contributed by atoms with van der Waals surface area (Å²) in [5, 5.41) is 0. The first kappa shape index (κ1) is 16.4. The van der Waals surface area contributed by atoms with E-state index in [2.05, 4.69) is 37.7 Å². The molecule has 0 amide bonds. The first-order chi connectivity index (χ1) is 12.8. The van der Waals surface area contributed by atoms with Crippen molar-refractivity contribution in [2.24, 2.45) is 0 Å². The van der Waals surface area contributed by atoms with Gasteiger partial charge >= 0.3 is 0 Å². The summed E-state index contributed by atoms with van der Waals surface area (Å²) < 4.78 is 0. The number of pyridine rings is 2. The first-order valence-electron chi connectivity index (χ1n) is 8.95. The number of hydrogen-bond donors (Lipinski definition) is 0. The molecule has 0 saturated carbocycles. The summed E-state index contributed by atoms with van der Waals surface area (Å²) in [6.45, 7) is 5.95. The molecule has 0 atom stereocenters. The molecule has 0 aromatic carbocycles. The van der Waals surface area contributed by atoms with Crippen molar-refractivity contribution < 1.29 is 0 Å². The second-order valence-corrected chi connectivity index (χ2v) is 6.47. The number of rotatable bonds is 3. The fraction of sp³-hybridized carbons (Fsp3) is 0.300. The van der Waals surface area contributed by atoms with E-state index in [1.807, 2.05) is 43.0 Å². The average Bonchev–Trinajstić information content (AvgIpc) is 2.95.